The van der Waals surface area contributed by atoms with Crippen molar-refractivity contribution in [1.82, 2.24) is 4.90 Å². The van der Waals surface area contributed by atoms with E-state index in [0.29, 0.717) is 11.6 Å². The molecule has 1 aliphatic heterocycles. The summed E-state index contributed by atoms with van der Waals surface area (Å²) in [5.41, 5.74) is 0.690. The topological polar surface area (TPSA) is 57.6 Å². The lowest BCUT2D eigenvalue weighted by Crippen LogP contribution is -2.40. The van der Waals surface area contributed by atoms with E-state index in [0.717, 1.165) is 44.2 Å². The van der Waals surface area contributed by atoms with Crippen LogP contribution in [0.1, 0.15) is 44.1 Å². The Kier molecular flexibility index (Phi) is 4.62. The van der Waals surface area contributed by atoms with Crippen LogP contribution >= 0.6 is 11.6 Å². The first-order valence-electron chi connectivity index (χ1n) is 8.28. The van der Waals surface area contributed by atoms with Gasteiger partial charge in [-0.15, -0.1) is 0 Å². The van der Waals surface area contributed by atoms with Gasteiger partial charge in [-0.05, 0) is 55.7 Å². The van der Waals surface area contributed by atoms with Gasteiger partial charge in [-0.1, -0.05) is 23.7 Å². The maximum Gasteiger partial charge on any atom is 0.303 e. The van der Waals surface area contributed by atoms with E-state index in [1.807, 2.05) is 29.2 Å². The van der Waals surface area contributed by atoms with Gasteiger partial charge in [0.25, 0.3) is 0 Å². The van der Waals surface area contributed by atoms with E-state index in [2.05, 4.69) is 0 Å². The summed E-state index contributed by atoms with van der Waals surface area (Å²) in [6, 6.07) is 7.60. The van der Waals surface area contributed by atoms with Crippen LogP contribution in [0.2, 0.25) is 5.02 Å². The average molecular weight is 336 g/mol. The number of hydrogen-bond donors (Lipinski definition) is 1. The highest BCUT2D eigenvalue weighted by Crippen LogP contribution is 2.50. The van der Waals surface area contributed by atoms with Crippen LogP contribution in [0.3, 0.4) is 0 Å². The van der Waals surface area contributed by atoms with Crippen molar-refractivity contribution in [2.75, 3.05) is 13.1 Å². The first-order chi connectivity index (χ1) is 11.0. The summed E-state index contributed by atoms with van der Waals surface area (Å²) in [6.45, 7) is 1.41. The Hall–Kier alpha value is -1.55. The molecule has 1 amide bonds. The quantitative estimate of drug-likeness (QED) is 0.916. The Morgan fingerprint density at radius 3 is 2.48 bits per heavy atom. The van der Waals surface area contributed by atoms with Crippen LogP contribution in [0.5, 0.6) is 0 Å². The largest absolute Gasteiger partial charge is 0.481 e. The summed E-state index contributed by atoms with van der Waals surface area (Å²) in [5.74, 6) is -0.346. The van der Waals surface area contributed by atoms with Crippen molar-refractivity contribution < 1.29 is 14.7 Å². The number of amides is 1. The molecule has 1 unspecified atom stereocenters. The van der Waals surface area contributed by atoms with Gasteiger partial charge in [0.05, 0.1) is 5.41 Å². The van der Waals surface area contributed by atoms with Crippen molar-refractivity contribution in [2.45, 2.75) is 43.9 Å². The molecule has 0 aromatic heterocycles. The Bertz CT molecular complexity index is 595. The molecule has 1 saturated carbocycles. The fourth-order valence-electron chi connectivity index (χ4n) is 3.64. The number of halogens is 1. The normalized spacial score (nSPS) is 23.2. The highest BCUT2D eigenvalue weighted by atomic mass is 35.5. The molecule has 23 heavy (non-hydrogen) atoms. The minimum atomic E-state index is -0.741. The third kappa shape index (κ3) is 3.52. The Morgan fingerprint density at radius 1 is 1.17 bits per heavy atom. The number of benzene rings is 1. The third-order valence-electron chi connectivity index (χ3n) is 5.15. The van der Waals surface area contributed by atoms with E-state index in [1.165, 1.54) is 0 Å². The van der Waals surface area contributed by atoms with Crippen molar-refractivity contribution >= 4 is 23.5 Å². The molecule has 2 fully saturated rings. The molecule has 0 radical (unpaired) electrons. The molecule has 2 aliphatic rings. The highest BCUT2D eigenvalue weighted by molar-refractivity contribution is 6.30. The Morgan fingerprint density at radius 2 is 1.87 bits per heavy atom. The van der Waals surface area contributed by atoms with Crippen LogP contribution < -0.4 is 0 Å². The van der Waals surface area contributed by atoms with Gasteiger partial charge >= 0.3 is 5.97 Å². The van der Waals surface area contributed by atoms with Gasteiger partial charge in [0.15, 0.2) is 0 Å². The van der Waals surface area contributed by atoms with E-state index in [9.17, 15) is 9.59 Å². The number of carboxylic acid groups (broad SMARTS) is 1. The Labute approximate surface area is 141 Å². The van der Waals surface area contributed by atoms with Gasteiger partial charge in [-0.25, -0.2) is 0 Å². The number of rotatable bonds is 4. The minimum Gasteiger partial charge on any atom is -0.481 e. The van der Waals surface area contributed by atoms with Gasteiger partial charge in [-0.3, -0.25) is 9.59 Å². The second-order valence-corrected chi connectivity index (χ2v) is 7.21. The van der Waals surface area contributed by atoms with Crippen molar-refractivity contribution in [3.63, 3.8) is 0 Å². The van der Waals surface area contributed by atoms with Crippen LogP contribution in [0.15, 0.2) is 24.3 Å². The molecule has 1 N–H and O–H groups in total. The van der Waals surface area contributed by atoms with Crippen LogP contribution in [0.25, 0.3) is 0 Å². The molecule has 124 valence electrons. The molecule has 1 saturated heterocycles. The predicted octanol–water partition coefficient (Wildman–Crippen LogP) is 3.48. The minimum absolute atomic E-state index is 0.191. The summed E-state index contributed by atoms with van der Waals surface area (Å²) in [7, 11) is 0. The zero-order valence-corrected chi connectivity index (χ0v) is 13.9. The lowest BCUT2D eigenvalue weighted by atomic mass is 9.94. The number of aliphatic carboxylic acids is 1. The van der Waals surface area contributed by atoms with Crippen molar-refractivity contribution in [1.29, 1.82) is 0 Å². The molecule has 0 bridgehead atoms. The molecule has 0 spiro atoms. The van der Waals surface area contributed by atoms with Crippen LogP contribution in [-0.2, 0) is 15.0 Å². The molecular formula is C18H22ClNO3. The summed E-state index contributed by atoms with van der Waals surface area (Å²) in [5, 5.41) is 9.64. The van der Waals surface area contributed by atoms with Crippen molar-refractivity contribution in [3.8, 4) is 0 Å². The summed E-state index contributed by atoms with van der Waals surface area (Å²) in [6.07, 6.45) is 4.56. The van der Waals surface area contributed by atoms with E-state index in [4.69, 9.17) is 16.7 Å². The van der Waals surface area contributed by atoms with Crippen molar-refractivity contribution in [2.24, 2.45) is 5.92 Å². The maximum atomic E-state index is 13.0. The Balaban J connectivity index is 1.68. The second-order valence-electron chi connectivity index (χ2n) is 6.78. The molecule has 1 aromatic carbocycles. The molecule has 3 rings (SSSR count). The number of carbonyl (C=O) groups is 2. The standard InChI is InChI=1S/C18H22ClNO3/c19-15-5-3-14(4-6-15)18(8-9-18)17(23)20-10-1-2-13(7-11-20)12-16(21)22/h3-6,13H,1-2,7-12H2,(H,21,22). The summed E-state index contributed by atoms with van der Waals surface area (Å²) < 4.78 is 0. The number of hydrogen-bond acceptors (Lipinski definition) is 2. The molecular weight excluding hydrogens is 314 g/mol. The van der Waals surface area contributed by atoms with E-state index in [-0.39, 0.29) is 23.7 Å². The van der Waals surface area contributed by atoms with Gasteiger partial charge in [0.1, 0.15) is 0 Å². The molecule has 4 nitrogen and oxygen atoms in total. The van der Waals surface area contributed by atoms with E-state index >= 15 is 0 Å². The molecule has 1 atom stereocenters. The predicted molar refractivity (Wildman–Crippen MR) is 88.5 cm³/mol. The SMILES string of the molecule is O=C(O)CC1CCCN(C(=O)C2(c3ccc(Cl)cc3)CC2)CC1. The summed E-state index contributed by atoms with van der Waals surface area (Å²) >= 11 is 5.95. The summed E-state index contributed by atoms with van der Waals surface area (Å²) in [4.78, 5) is 25.9. The zero-order chi connectivity index (χ0) is 16.4. The molecule has 5 heteroatoms. The van der Waals surface area contributed by atoms with Crippen LogP contribution in [0.4, 0.5) is 0 Å². The van der Waals surface area contributed by atoms with Crippen LogP contribution in [0, 0.1) is 5.92 Å². The van der Waals surface area contributed by atoms with E-state index in [1.54, 1.807) is 0 Å². The second kappa shape index (κ2) is 6.52. The van der Waals surface area contributed by atoms with Gasteiger partial charge < -0.3 is 10.0 Å². The monoisotopic (exact) mass is 335 g/mol. The molecule has 1 aliphatic carbocycles. The fourth-order valence-corrected chi connectivity index (χ4v) is 3.77. The lowest BCUT2D eigenvalue weighted by molar-refractivity contribution is -0.138. The fraction of sp³-hybridized carbons (Fsp3) is 0.556. The first kappa shape index (κ1) is 16.3. The van der Waals surface area contributed by atoms with E-state index < -0.39 is 5.97 Å². The zero-order valence-electron chi connectivity index (χ0n) is 13.1. The highest BCUT2D eigenvalue weighted by Gasteiger charge is 2.52. The molecule has 1 aromatic rings. The first-order valence-corrected chi connectivity index (χ1v) is 8.66. The van der Waals surface area contributed by atoms with Gasteiger partial charge in [-0.2, -0.15) is 0 Å². The number of carboxylic acids is 1. The average Bonchev–Trinajstić information content (AvgIpc) is 3.32. The smallest absolute Gasteiger partial charge is 0.303 e. The van der Waals surface area contributed by atoms with Crippen LogP contribution in [-0.4, -0.2) is 35.0 Å². The van der Waals surface area contributed by atoms with Gasteiger partial charge in [0, 0.05) is 24.5 Å². The number of carbonyl (C=O) groups excluding carboxylic acids is 1. The van der Waals surface area contributed by atoms with Gasteiger partial charge in [0.2, 0.25) is 5.91 Å². The molecule has 1 heterocycles. The third-order valence-corrected chi connectivity index (χ3v) is 5.41. The number of nitrogens with zero attached hydrogens (tertiary/aromatic N) is 1. The number of likely N-dealkylation sites (tertiary alicyclic amines) is 1. The lowest BCUT2D eigenvalue weighted by Gasteiger charge is -2.26. The van der Waals surface area contributed by atoms with Crippen molar-refractivity contribution in [3.05, 3.63) is 34.9 Å². The maximum absolute atomic E-state index is 13.0.